The Balaban J connectivity index is 7.92. The van der Waals surface area contributed by atoms with Gasteiger partial charge in [0.25, 0.3) is 0 Å². The first-order chi connectivity index (χ1) is 17.6. The van der Waals surface area contributed by atoms with Gasteiger partial charge in [-0.25, -0.2) is 0 Å². The van der Waals surface area contributed by atoms with E-state index in [4.69, 9.17) is 9.72 Å². The van der Waals surface area contributed by atoms with Crippen LogP contribution < -0.4 is 9.72 Å². The van der Waals surface area contributed by atoms with E-state index < -0.39 is 19.5 Å². The first-order valence-corrected chi connectivity index (χ1v) is 42.2. The minimum atomic E-state index is -1.57. The Kier molecular flexibility index (Phi) is 15.7. The summed E-state index contributed by atoms with van der Waals surface area (Å²) in [5.41, 5.74) is 0. The zero-order valence-corrected chi connectivity index (χ0v) is 45.3. The summed E-state index contributed by atoms with van der Waals surface area (Å²) >= 11 is 4.52. The third kappa shape index (κ3) is 9.36. The van der Waals surface area contributed by atoms with Crippen molar-refractivity contribution in [3.05, 3.63) is 0 Å². The van der Waals surface area contributed by atoms with Crippen molar-refractivity contribution in [2.45, 2.75) is 207 Å². The predicted octanol–water partition coefficient (Wildman–Crippen LogP) is 11.6. The molecule has 0 amide bonds. The van der Waals surface area contributed by atoms with Crippen LogP contribution >= 0.6 is 19.5 Å². The first-order valence-electron chi connectivity index (χ1n) is 15.6. The number of hydrogen-bond donors (Lipinski definition) is 2. The van der Waals surface area contributed by atoms with Crippen LogP contribution in [0.4, 0.5) is 0 Å². The van der Waals surface area contributed by atoms with E-state index in [-0.39, 0.29) is 74.3 Å². The van der Waals surface area contributed by atoms with Crippen LogP contribution in [0.3, 0.4) is 0 Å². The fourth-order valence-electron chi connectivity index (χ4n) is 6.20. The van der Waals surface area contributed by atoms with Gasteiger partial charge in [0, 0.05) is 0 Å². The molecule has 0 aliphatic rings. The molecule has 0 radical (unpaired) electrons. The molecule has 0 aromatic carbocycles. The average molecular weight is 1120 g/mol. The van der Waals surface area contributed by atoms with E-state index in [1.165, 1.54) is 0 Å². The van der Waals surface area contributed by atoms with Crippen LogP contribution in [0.15, 0.2) is 0 Å². The summed E-state index contributed by atoms with van der Waals surface area (Å²) in [5, 5.41) is -1.02. The third-order valence-electron chi connectivity index (χ3n) is 8.38. The molecule has 42 heavy (non-hydrogen) atoms. The molecule has 2 nitrogen and oxygen atoms in total. The molecule has 0 bridgehead atoms. The minimum absolute atomic E-state index is 0.256. The van der Waals surface area contributed by atoms with E-state index >= 15 is 0 Å². The Labute approximate surface area is 308 Å². The molecule has 0 saturated heterocycles. The van der Waals surface area contributed by atoms with Gasteiger partial charge >= 0.3 is 312 Å². The van der Waals surface area contributed by atoms with Crippen LogP contribution in [-0.4, -0.2) is 117 Å². The molecule has 254 valence electrons. The molecule has 0 aromatic heterocycles. The molecule has 0 atom stereocenters. The van der Waals surface area contributed by atoms with Gasteiger partial charge in [-0.05, 0) is 0 Å². The average Bonchev–Trinajstić information content (AvgIpc) is 2.61. The van der Waals surface area contributed by atoms with E-state index in [1.807, 2.05) is 0 Å². The van der Waals surface area contributed by atoms with Gasteiger partial charge in [-0.2, -0.15) is 0 Å². The van der Waals surface area contributed by atoms with E-state index in [0.29, 0.717) is 0 Å². The second-order valence-electron chi connectivity index (χ2n) is 20.2. The van der Waals surface area contributed by atoms with Crippen molar-refractivity contribution in [1.29, 1.82) is 0 Å². The maximum absolute atomic E-state index is 4.92. The quantitative estimate of drug-likeness (QED) is 0.196. The van der Waals surface area contributed by atoms with E-state index in [1.54, 1.807) is 0 Å². The van der Waals surface area contributed by atoms with E-state index in [9.17, 15) is 0 Å². The van der Waals surface area contributed by atoms with Crippen molar-refractivity contribution in [3.8, 4) is 0 Å². The normalized spacial score (nSPS) is 16.7. The van der Waals surface area contributed by atoms with Crippen LogP contribution in [-0.2, 0) is 0 Å². The second kappa shape index (κ2) is 14.1. The molecule has 0 heterocycles. The van der Waals surface area contributed by atoms with Gasteiger partial charge in [0.05, 0.1) is 0 Å². The van der Waals surface area contributed by atoms with E-state index in [0.717, 1.165) is 0 Å². The molecule has 0 fully saturated rings. The van der Waals surface area contributed by atoms with Crippen molar-refractivity contribution < 1.29 is 0 Å². The second-order valence-corrected chi connectivity index (χ2v) is 76.1. The summed E-state index contributed by atoms with van der Waals surface area (Å²) in [7, 11) is 0. The molecule has 10 heteroatoms. The van der Waals surface area contributed by atoms with Gasteiger partial charge in [-0.3, -0.25) is 0 Å². The van der Waals surface area contributed by atoms with Crippen LogP contribution in [0.1, 0.15) is 166 Å². The molecular weight excluding hydrogens is 1050 g/mol. The number of hydrogen-bond acceptors (Lipinski definition) is 2. The Morgan fingerprint density at radius 1 is 0.357 bits per heavy atom. The van der Waals surface area contributed by atoms with Crippen LogP contribution in [0.5, 0.6) is 0 Å². The summed E-state index contributed by atoms with van der Waals surface area (Å²) in [6.45, 7) is 61.9. The van der Waals surface area contributed by atoms with Crippen molar-refractivity contribution in [3.63, 3.8) is 0 Å². The molecule has 0 spiro atoms. The molecule has 0 aromatic rings. The molecule has 0 aliphatic heterocycles. The summed E-state index contributed by atoms with van der Waals surface area (Å²) in [6.07, 6.45) is 0. The third-order valence-corrected chi connectivity index (χ3v) is 117. The van der Waals surface area contributed by atoms with Crippen LogP contribution in [0, 0.1) is 0 Å². The fourth-order valence-corrected chi connectivity index (χ4v) is 162. The maximum atomic E-state index is 4.92. The molecule has 0 aliphatic carbocycles. The zero-order valence-electron chi connectivity index (χ0n) is 32.4. The molecule has 0 saturated carbocycles. The monoisotopic (exact) mass is 1130 g/mol. The van der Waals surface area contributed by atoms with Gasteiger partial charge in [-0.1, -0.05) is 0 Å². The fraction of sp³-hybridized carbons (Fsp3) is 1.00. The standard InChI is InChI=1S/C32H74N2P4Te4/c1-25(2,3)35(39,26(4,5)6)33-37(29(13,14)15,30(16,17)18)41-42-38(31(19,20)21,32(22,23)24)34-36(40,27(7,8)9)28(10,11)12/h1-24H3,(H,33,39)(H,34,40)/q+2. The van der Waals surface area contributed by atoms with Crippen LogP contribution in [0.25, 0.3) is 0 Å². The Morgan fingerprint density at radius 3 is 0.595 bits per heavy atom. The summed E-state index contributed by atoms with van der Waals surface area (Å²) in [4.78, 5) is 9.84. The Hall–Kier alpha value is 4.80. The van der Waals surface area contributed by atoms with Crippen molar-refractivity contribution in [2.24, 2.45) is 0 Å². The number of rotatable bonds is 7. The molecule has 2 N–H and O–H groups in total. The number of nitrogens with one attached hydrogen (secondary N) is 2. The van der Waals surface area contributed by atoms with Gasteiger partial charge in [-0.15, -0.1) is 0 Å². The predicted molar refractivity (Wildman–Crippen MR) is 215 cm³/mol. The van der Waals surface area contributed by atoms with Gasteiger partial charge in [0.1, 0.15) is 0 Å². The van der Waals surface area contributed by atoms with Crippen molar-refractivity contribution >= 4 is 95.0 Å². The summed E-state index contributed by atoms with van der Waals surface area (Å²) in [5.74, 6) is 0. The molecule has 0 unspecified atom stereocenters. The summed E-state index contributed by atoms with van der Waals surface area (Å²) in [6, 6.07) is 0. The zero-order chi connectivity index (χ0) is 34.8. The van der Waals surface area contributed by atoms with Gasteiger partial charge in [0.2, 0.25) is 0 Å². The van der Waals surface area contributed by atoms with Gasteiger partial charge < -0.3 is 0 Å². The van der Waals surface area contributed by atoms with Gasteiger partial charge in [0.15, 0.2) is 0 Å². The van der Waals surface area contributed by atoms with Crippen molar-refractivity contribution in [2.75, 3.05) is 0 Å². The van der Waals surface area contributed by atoms with E-state index in [2.05, 4.69) is 209 Å². The Bertz CT molecular complexity index is 882. The molecular formula is C32H74N2P4Te4+2. The topological polar surface area (TPSA) is 24.1 Å². The Morgan fingerprint density at radius 2 is 0.500 bits per heavy atom. The SMILES string of the molecule is CC(C)(C)P(=[Te])(N[P+]([Te][Te][P+](NP(=[Te])(C(C)(C)C)C(C)(C)C)(C(C)(C)C)C(C)(C)C)(C(C)(C)C)C(C)(C)C)C(C)(C)C. The summed E-state index contributed by atoms with van der Waals surface area (Å²) < 4.78 is -3.09. The van der Waals surface area contributed by atoms with Crippen molar-refractivity contribution in [1.82, 2.24) is 9.72 Å². The van der Waals surface area contributed by atoms with Crippen LogP contribution in [0.2, 0.25) is 0 Å². The first kappa shape index (κ1) is 46.8. The molecule has 0 rings (SSSR count).